The number of halogens is 2. The van der Waals surface area contributed by atoms with Gasteiger partial charge in [-0.2, -0.15) is 0 Å². The summed E-state index contributed by atoms with van der Waals surface area (Å²) in [4.78, 5) is 12.4. The molecule has 0 aromatic heterocycles. The molecule has 2 aromatic carbocycles. The van der Waals surface area contributed by atoms with Crippen LogP contribution < -0.4 is 4.90 Å². The second-order valence-corrected chi connectivity index (χ2v) is 5.30. The summed E-state index contributed by atoms with van der Waals surface area (Å²) in [6, 6.07) is 11.8. The van der Waals surface area contributed by atoms with E-state index in [2.05, 4.69) is 15.9 Å². The van der Waals surface area contributed by atoms with Crippen molar-refractivity contribution in [2.75, 3.05) is 11.9 Å². The van der Waals surface area contributed by atoms with E-state index >= 15 is 0 Å². The Balaban J connectivity index is 2.49. The molecule has 0 bridgehead atoms. The first-order valence-electron chi connectivity index (χ1n) is 6.18. The van der Waals surface area contributed by atoms with Gasteiger partial charge in [0.2, 0.25) is 0 Å². The summed E-state index contributed by atoms with van der Waals surface area (Å²) in [6.07, 6.45) is 2.55. The lowest BCUT2D eigenvalue weighted by molar-refractivity contribution is -0.131. The zero-order valence-corrected chi connectivity index (χ0v) is 12.8. The third kappa shape index (κ3) is 3.70. The SMILES string of the molecule is CN(c1ccccc1F)c1cc(Br)ccc1C=CC(=O)O. The first-order valence-corrected chi connectivity index (χ1v) is 6.97. The number of benzene rings is 2. The third-order valence-corrected chi connectivity index (χ3v) is 3.47. The van der Waals surface area contributed by atoms with E-state index in [4.69, 9.17) is 5.11 Å². The topological polar surface area (TPSA) is 40.5 Å². The largest absolute Gasteiger partial charge is 0.478 e. The number of aliphatic carboxylic acids is 1. The second kappa shape index (κ2) is 6.54. The van der Waals surface area contributed by atoms with Crippen LogP contribution >= 0.6 is 15.9 Å². The predicted molar refractivity (Wildman–Crippen MR) is 85.3 cm³/mol. The highest BCUT2D eigenvalue weighted by molar-refractivity contribution is 9.10. The van der Waals surface area contributed by atoms with E-state index in [-0.39, 0.29) is 5.82 Å². The van der Waals surface area contributed by atoms with Crippen LogP contribution in [0.15, 0.2) is 53.0 Å². The molecule has 0 radical (unpaired) electrons. The number of rotatable bonds is 4. The molecule has 21 heavy (non-hydrogen) atoms. The fourth-order valence-electron chi connectivity index (χ4n) is 1.96. The molecule has 0 atom stereocenters. The number of carbonyl (C=O) groups is 1. The van der Waals surface area contributed by atoms with Crippen LogP contribution in [0.4, 0.5) is 15.8 Å². The standard InChI is InChI=1S/C16H13BrFNO2/c1-19(14-5-3-2-4-13(14)18)15-10-12(17)8-6-11(15)7-9-16(20)21/h2-10H,1H3,(H,20,21). The van der Waals surface area contributed by atoms with Crippen LogP contribution in [-0.4, -0.2) is 18.1 Å². The summed E-state index contributed by atoms with van der Waals surface area (Å²) in [7, 11) is 1.73. The third-order valence-electron chi connectivity index (χ3n) is 2.97. The van der Waals surface area contributed by atoms with Gasteiger partial charge in [-0.3, -0.25) is 0 Å². The Hall–Kier alpha value is -2.14. The van der Waals surface area contributed by atoms with Crippen molar-refractivity contribution in [1.82, 2.24) is 0 Å². The normalized spacial score (nSPS) is 10.8. The van der Waals surface area contributed by atoms with Gasteiger partial charge in [0.15, 0.2) is 0 Å². The van der Waals surface area contributed by atoms with Crippen molar-refractivity contribution >= 4 is 39.4 Å². The van der Waals surface area contributed by atoms with Crippen LogP contribution in [0.5, 0.6) is 0 Å². The molecular weight excluding hydrogens is 337 g/mol. The van der Waals surface area contributed by atoms with Crippen LogP contribution in [0, 0.1) is 5.82 Å². The van der Waals surface area contributed by atoms with E-state index in [1.807, 2.05) is 6.07 Å². The lowest BCUT2D eigenvalue weighted by Gasteiger charge is -2.22. The number of hydrogen-bond donors (Lipinski definition) is 1. The van der Waals surface area contributed by atoms with Gasteiger partial charge in [0.05, 0.1) is 5.69 Å². The average molecular weight is 350 g/mol. The maximum Gasteiger partial charge on any atom is 0.328 e. The minimum atomic E-state index is -1.03. The van der Waals surface area contributed by atoms with E-state index in [1.165, 1.54) is 12.1 Å². The summed E-state index contributed by atoms with van der Waals surface area (Å²) in [5.74, 6) is -1.37. The maximum absolute atomic E-state index is 13.9. The van der Waals surface area contributed by atoms with Crippen molar-refractivity contribution in [3.8, 4) is 0 Å². The van der Waals surface area contributed by atoms with Crippen molar-refractivity contribution in [3.63, 3.8) is 0 Å². The molecular formula is C16H13BrFNO2. The molecule has 0 amide bonds. The van der Waals surface area contributed by atoms with Crippen molar-refractivity contribution in [2.24, 2.45) is 0 Å². The molecule has 0 saturated heterocycles. The zero-order chi connectivity index (χ0) is 15.4. The fourth-order valence-corrected chi connectivity index (χ4v) is 2.31. The number of carboxylic acid groups (broad SMARTS) is 1. The number of hydrogen-bond acceptors (Lipinski definition) is 2. The maximum atomic E-state index is 13.9. The van der Waals surface area contributed by atoms with Gasteiger partial charge in [-0.1, -0.05) is 34.1 Å². The number of anilines is 2. The van der Waals surface area contributed by atoms with Gasteiger partial charge >= 0.3 is 5.97 Å². The summed E-state index contributed by atoms with van der Waals surface area (Å²) in [5, 5.41) is 8.75. The summed E-state index contributed by atoms with van der Waals surface area (Å²) < 4.78 is 14.7. The van der Waals surface area contributed by atoms with Gasteiger partial charge in [0.1, 0.15) is 5.82 Å². The van der Waals surface area contributed by atoms with Crippen molar-refractivity contribution in [2.45, 2.75) is 0 Å². The monoisotopic (exact) mass is 349 g/mol. The molecule has 1 N–H and O–H groups in total. The summed E-state index contributed by atoms with van der Waals surface area (Å²) in [5.41, 5.74) is 1.80. The smallest absolute Gasteiger partial charge is 0.328 e. The minimum Gasteiger partial charge on any atom is -0.478 e. The Morgan fingerprint density at radius 3 is 2.62 bits per heavy atom. The van der Waals surface area contributed by atoms with Gasteiger partial charge in [-0.05, 0) is 35.9 Å². The Labute approximate surface area is 130 Å². The number of carboxylic acids is 1. The zero-order valence-electron chi connectivity index (χ0n) is 11.3. The van der Waals surface area contributed by atoms with E-state index in [9.17, 15) is 9.18 Å². The van der Waals surface area contributed by atoms with Crippen molar-refractivity contribution in [1.29, 1.82) is 0 Å². The first-order chi connectivity index (χ1) is 9.99. The van der Waals surface area contributed by atoms with Gasteiger partial charge in [-0.15, -0.1) is 0 Å². The van der Waals surface area contributed by atoms with Crippen molar-refractivity contribution < 1.29 is 14.3 Å². The molecule has 3 nitrogen and oxygen atoms in total. The molecule has 0 saturated carbocycles. The number of nitrogens with zero attached hydrogens (tertiary/aromatic N) is 1. The highest BCUT2D eigenvalue weighted by Crippen LogP contribution is 2.32. The molecule has 0 fully saturated rings. The van der Waals surface area contributed by atoms with Crippen LogP contribution in [-0.2, 0) is 4.79 Å². The quantitative estimate of drug-likeness (QED) is 0.828. The Bertz CT molecular complexity index is 700. The Morgan fingerprint density at radius 2 is 1.95 bits per heavy atom. The van der Waals surface area contributed by atoms with Crippen LogP contribution in [0.2, 0.25) is 0 Å². The molecule has 0 spiro atoms. The van der Waals surface area contributed by atoms with Gasteiger partial charge < -0.3 is 10.0 Å². The van der Waals surface area contributed by atoms with Crippen molar-refractivity contribution in [3.05, 3.63) is 64.4 Å². The minimum absolute atomic E-state index is 0.340. The average Bonchev–Trinajstić information content (AvgIpc) is 2.45. The molecule has 0 aliphatic heterocycles. The Morgan fingerprint density at radius 1 is 1.24 bits per heavy atom. The first kappa shape index (κ1) is 15.3. The Kier molecular flexibility index (Phi) is 4.75. The molecule has 2 aromatic rings. The van der Waals surface area contributed by atoms with Crippen LogP contribution in [0.25, 0.3) is 6.08 Å². The van der Waals surface area contributed by atoms with E-state index in [0.717, 1.165) is 10.5 Å². The van der Waals surface area contributed by atoms with Crippen LogP contribution in [0.3, 0.4) is 0 Å². The lowest BCUT2D eigenvalue weighted by Crippen LogP contribution is -2.12. The lowest BCUT2D eigenvalue weighted by atomic mass is 10.1. The van der Waals surface area contributed by atoms with Crippen LogP contribution in [0.1, 0.15) is 5.56 Å². The molecule has 0 unspecified atom stereocenters. The molecule has 5 heteroatoms. The number of para-hydroxylation sites is 1. The second-order valence-electron chi connectivity index (χ2n) is 4.39. The van der Waals surface area contributed by atoms with Gasteiger partial charge in [-0.25, -0.2) is 9.18 Å². The van der Waals surface area contributed by atoms with E-state index in [0.29, 0.717) is 16.9 Å². The molecule has 0 heterocycles. The predicted octanol–water partition coefficient (Wildman–Crippen LogP) is 4.45. The summed E-state index contributed by atoms with van der Waals surface area (Å²) >= 11 is 3.37. The molecule has 108 valence electrons. The van der Waals surface area contributed by atoms with E-state index < -0.39 is 5.97 Å². The summed E-state index contributed by atoms with van der Waals surface area (Å²) in [6.45, 7) is 0. The molecule has 2 rings (SSSR count). The molecule has 0 aliphatic rings. The molecule has 0 aliphatic carbocycles. The van der Waals surface area contributed by atoms with Gasteiger partial charge in [0, 0.05) is 23.3 Å². The van der Waals surface area contributed by atoms with E-state index in [1.54, 1.807) is 42.3 Å². The highest BCUT2D eigenvalue weighted by Gasteiger charge is 2.12. The van der Waals surface area contributed by atoms with Gasteiger partial charge in [0.25, 0.3) is 0 Å². The fraction of sp³-hybridized carbons (Fsp3) is 0.0625. The highest BCUT2D eigenvalue weighted by atomic mass is 79.9.